The maximum absolute atomic E-state index is 11.8. The Hall–Kier alpha value is -2.22. The van der Waals surface area contributed by atoms with E-state index in [0.717, 1.165) is 0 Å². The Labute approximate surface area is 163 Å². The van der Waals surface area contributed by atoms with Crippen molar-refractivity contribution in [2.75, 3.05) is 6.61 Å². The van der Waals surface area contributed by atoms with Crippen LogP contribution in [0.1, 0.15) is 18.2 Å². The van der Waals surface area contributed by atoms with Crippen molar-refractivity contribution in [3.8, 4) is 11.5 Å². The first-order valence-electron chi connectivity index (χ1n) is 7.13. The minimum Gasteiger partial charge on any atom is -0.507 e. The van der Waals surface area contributed by atoms with Gasteiger partial charge in [-0.2, -0.15) is 5.10 Å². The van der Waals surface area contributed by atoms with Crippen LogP contribution in [-0.4, -0.2) is 23.3 Å². The normalized spacial score (nSPS) is 11.3. The molecule has 138 valence electrons. The highest BCUT2D eigenvalue weighted by molar-refractivity contribution is 6.43. The lowest BCUT2D eigenvalue weighted by atomic mass is 10.2. The fourth-order valence-corrected chi connectivity index (χ4v) is 2.51. The zero-order chi connectivity index (χ0) is 19.4. The lowest BCUT2D eigenvalue weighted by Crippen LogP contribution is -2.26. The number of rotatable bonds is 5. The third-order valence-corrected chi connectivity index (χ3v) is 4.12. The second-order valence-corrected chi connectivity index (χ2v) is 6.34. The molecule has 2 rings (SSSR count). The van der Waals surface area contributed by atoms with Gasteiger partial charge in [-0.25, -0.2) is 10.2 Å². The molecular weight excluding hydrogens is 407 g/mol. The molecule has 7 nitrogen and oxygen atoms in total. The van der Waals surface area contributed by atoms with E-state index in [1.54, 1.807) is 0 Å². The molecule has 0 fully saturated rings. The van der Waals surface area contributed by atoms with Gasteiger partial charge in [0.1, 0.15) is 22.8 Å². The molecule has 0 spiro atoms. The summed E-state index contributed by atoms with van der Waals surface area (Å²) in [6, 6.07) is 4.04. The van der Waals surface area contributed by atoms with Gasteiger partial charge in [-0.05, 0) is 19.9 Å². The van der Waals surface area contributed by atoms with Crippen molar-refractivity contribution in [1.29, 1.82) is 0 Å². The maximum atomic E-state index is 11.8. The molecule has 1 aromatic carbocycles. The maximum Gasteiger partial charge on any atom is 0.348 e. The Balaban J connectivity index is 2.04. The van der Waals surface area contributed by atoms with Crippen LogP contribution in [0.5, 0.6) is 11.5 Å². The minimum absolute atomic E-state index is 0.0668. The van der Waals surface area contributed by atoms with Crippen LogP contribution in [0.15, 0.2) is 32.5 Å². The third kappa shape index (κ3) is 4.91. The quantitative estimate of drug-likeness (QED) is 0.438. The Morgan fingerprint density at radius 2 is 1.88 bits per heavy atom. The Kier molecular flexibility index (Phi) is 6.52. The first-order valence-corrected chi connectivity index (χ1v) is 8.27. The van der Waals surface area contributed by atoms with Crippen LogP contribution < -0.4 is 15.8 Å². The van der Waals surface area contributed by atoms with Gasteiger partial charge < -0.3 is 14.3 Å². The highest BCUT2D eigenvalue weighted by Gasteiger charge is 2.14. The van der Waals surface area contributed by atoms with Crippen molar-refractivity contribution in [2.45, 2.75) is 13.8 Å². The highest BCUT2D eigenvalue weighted by Crippen LogP contribution is 2.33. The molecule has 1 aromatic heterocycles. The summed E-state index contributed by atoms with van der Waals surface area (Å²) in [6.07, 6.45) is 0. The monoisotopic (exact) mass is 418 g/mol. The van der Waals surface area contributed by atoms with E-state index in [-0.39, 0.29) is 43.6 Å². The number of nitrogens with one attached hydrogen (secondary N) is 1. The Morgan fingerprint density at radius 3 is 2.54 bits per heavy atom. The smallest absolute Gasteiger partial charge is 0.348 e. The topological polar surface area (TPSA) is 101 Å². The van der Waals surface area contributed by atoms with Crippen LogP contribution >= 0.6 is 34.8 Å². The van der Waals surface area contributed by atoms with Gasteiger partial charge in [0, 0.05) is 12.1 Å². The average Bonchev–Trinajstić information content (AvgIpc) is 2.54. The molecule has 0 unspecified atom stereocenters. The summed E-state index contributed by atoms with van der Waals surface area (Å²) in [5.41, 5.74) is 1.35. The molecular formula is C16H13Cl3N2O5. The molecule has 10 heteroatoms. The van der Waals surface area contributed by atoms with Gasteiger partial charge >= 0.3 is 5.63 Å². The van der Waals surface area contributed by atoms with E-state index in [0.29, 0.717) is 0 Å². The summed E-state index contributed by atoms with van der Waals surface area (Å²) >= 11 is 17.6. The largest absolute Gasteiger partial charge is 0.507 e. The van der Waals surface area contributed by atoms with Crippen LogP contribution in [0.25, 0.3) is 0 Å². The van der Waals surface area contributed by atoms with Crippen LogP contribution in [0, 0.1) is 6.92 Å². The van der Waals surface area contributed by atoms with Gasteiger partial charge in [0.2, 0.25) is 0 Å². The molecule has 2 aromatic rings. The number of amides is 1. The molecule has 0 atom stereocenters. The number of carbonyl (C=O) groups excluding carboxylic acids is 1. The first kappa shape index (κ1) is 20.1. The number of benzene rings is 1. The molecule has 0 aliphatic heterocycles. The van der Waals surface area contributed by atoms with E-state index in [1.807, 2.05) is 0 Å². The molecule has 0 saturated carbocycles. The number of aromatic hydroxyl groups is 1. The number of hydrogen-bond acceptors (Lipinski definition) is 6. The predicted molar refractivity (Wildman–Crippen MR) is 98.7 cm³/mol. The van der Waals surface area contributed by atoms with E-state index in [1.165, 1.54) is 32.0 Å². The summed E-state index contributed by atoms with van der Waals surface area (Å²) in [5.74, 6) is -0.496. The van der Waals surface area contributed by atoms with Gasteiger partial charge in [0.25, 0.3) is 5.91 Å². The number of halogens is 3. The summed E-state index contributed by atoms with van der Waals surface area (Å²) in [7, 11) is 0. The zero-order valence-corrected chi connectivity index (χ0v) is 15.9. The van der Waals surface area contributed by atoms with Gasteiger partial charge in [0.05, 0.1) is 20.8 Å². The number of ether oxygens (including phenoxy) is 1. The first-order chi connectivity index (χ1) is 12.2. The highest BCUT2D eigenvalue weighted by atomic mass is 35.5. The van der Waals surface area contributed by atoms with E-state index < -0.39 is 18.1 Å². The SMILES string of the molecule is C/C(=N\NC(=O)COc1cc(Cl)c(Cl)cc1Cl)c1c(O)cc(C)oc1=O. The van der Waals surface area contributed by atoms with Crippen molar-refractivity contribution in [1.82, 2.24) is 5.43 Å². The van der Waals surface area contributed by atoms with Crippen LogP contribution in [-0.2, 0) is 4.79 Å². The second-order valence-electron chi connectivity index (χ2n) is 5.12. The van der Waals surface area contributed by atoms with Gasteiger partial charge in [-0.15, -0.1) is 0 Å². The number of aryl methyl sites for hydroxylation is 1. The third-order valence-electron chi connectivity index (χ3n) is 3.10. The van der Waals surface area contributed by atoms with Crippen LogP contribution in [0.4, 0.5) is 0 Å². The van der Waals surface area contributed by atoms with Crippen molar-refractivity contribution in [3.05, 3.63) is 55.0 Å². The summed E-state index contributed by atoms with van der Waals surface area (Å²) < 4.78 is 10.1. The van der Waals surface area contributed by atoms with Crippen molar-refractivity contribution < 1.29 is 19.1 Å². The summed E-state index contributed by atoms with van der Waals surface area (Å²) in [4.78, 5) is 23.6. The Bertz CT molecular complexity index is 940. The van der Waals surface area contributed by atoms with Gasteiger partial charge in [-0.1, -0.05) is 34.8 Å². The van der Waals surface area contributed by atoms with Crippen molar-refractivity contribution in [2.24, 2.45) is 5.10 Å². The lowest BCUT2D eigenvalue weighted by molar-refractivity contribution is -0.123. The summed E-state index contributed by atoms with van der Waals surface area (Å²) in [5, 5.41) is 14.2. The fraction of sp³-hybridized carbons (Fsp3) is 0.188. The molecule has 1 amide bonds. The molecule has 0 bridgehead atoms. The number of hydrazone groups is 1. The number of carbonyl (C=O) groups is 1. The molecule has 1 heterocycles. The van der Waals surface area contributed by atoms with E-state index in [9.17, 15) is 14.7 Å². The fourth-order valence-electron chi connectivity index (χ4n) is 1.92. The van der Waals surface area contributed by atoms with Crippen molar-refractivity contribution in [3.63, 3.8) is 0 Å². The molecule has 0 radical (unpaired) electrons. The molecule has 2 N–H and O–H groups in total. The standard InChI is InChI=1S/C16H13Cl3N2O5/c1-7-3-12(22)15(16(24)26-7)8(2)20-21-14(23)6-25-13-5-10(18)9(17)4-11(13)19/h3-5,22H,6H2,1-2H3,(H,21,23)/b20-8+. The number of hydrogen-bond donors (Lipinski definition) is 2. The summed E-state index contributed by atoms with van der Waals surface area (Å²) in [6.45, 7) is 2.53. The lowest BCUT2D eigenvalue weighted by Gasteiger charge is -2.09. The van der Waals surface area contributed by atoms with E-state index >= 15 is 0 Å². The van der Waals surface area contributed by atoms with Crippen LogP contribution in [0.3, 0.4) is 0 Å². The molecule has 0 aliphatic rings. The van der Waals surface area contributed by atoms with Crippen LogP contribution in [0.2, 0.25) is 15.1 Å². The second kappa shape index (κ2) is 8.44. The molecule has 0 aliphatic carbocycles. The Morgan fingerprint density at radius 1 is 1.23 bits per heavy atom. The molecule has 26 heavy (non-hydrogen) atoms. The average molecular weight is 420 g/mol. The minimum atomic E-state index is -0.767. The van der Waals surface area contributed by atoms with Crippen molar-refractivity contribution >= 4 is 46.4 Å². The van der Waals surface area contributed by atoms with Gasteiger partial charge in [0.15, 0.2) is 6.61 Å². The predicted octanol–water partition coefficient (Wildman–Crippen LogP) is 3.53. The van der Waals surface area contributed by atoms with E-state index in [4.69, 9.17) is 44.0 Å². The number of nitrogens with zero attached hydrogens (tertiary/aromatic N) is 1. The van der Waals surface area contributed by atoms with Gasteiger partial charge in [-0.3, -0.25) is 4.79 Å². The zero-order valence-electron chi connectivity index (χ0n) is 13.6. The van der Waals surface area contributed by atoms with E-state index in [2.05, 4.69) is 10.5 Å². The molecule has 0 saturated heterocycles.